The van der Waals surface area contributed by atoms with Gasteiger partial charge in [-0.1, -0.05) is 6.07 Å². The zero-order valence-electron chi connectivity index (χ0n) is 17.8. The molecule has 2 aromatic heterocycles. The molecule has 176 valence electrons. The first kappa shape index (κ1) is 23.6. The molecule has 11 heteroatoms. The summed E-state index contributed by atoms with van der Waals surface area (Å²) in [4.78, 5) is 4.18. The zero-order valence-corrected chi connectivity index (χ0v) is 19.5. The summed E-state index contributed by atoms with van der Waals surface area (Å²) in [6.45, 7) is 0.858. The van der Waals surface area contributed by atoms with Crippen LogP contribution in [0.2, 0.25) is 0 Å². The van der Waals surface area contributed by atoms with E-state index in [1.165, 1.54) is 34.8 Å². The molecule has 0 amide bonds. The molecule has 3 aromatic rings. The van der Waals surface area contributed by atoms with E-state index in [9.17, 15) is 16.8 Å². The highest BCUT2D eigenvalue weighted by molar-refractivity contribution is 7.89. The van der Waals surface area contributed by atoms with Crippen LogP contribution in [0.1, 0.15) is 24.3 Å². The molecule has 1 fully saturated rings. The number of ether oxygens (including phenoxy) is 1. The van der Waals surface area contributed by atoms with Crippen molar-refractivity contribution in [1.29, 1.82) is 0 Å². The first-order chi connectivity index (χ1) is 15.8. The monoisotopic (exact) mass is 491 g/mol. The molecule has 1 aromatic carbocycles. The van der Waals surface area contributed by atoms with E-state index in [0.717, 1.165) is 12.8 Å². The van der Waals surface area contributed by atoms with Crippen LogP contribution < -0.4 is 4.72 Å². The third-order valence-electron chi connectivity index (χ3n) is 5.27. The minimum atomic E-state index is -3.96. The van der Waals surface area contributed by atoms with Crippen LogP contribution in [0.4, 0.5) is 0 Å². The average molecular weight is 492 g/mol. The number of benzene rings is 1. The van der Waals surface area contributed by atoms with Gasteiger partial charge in [-0.05, 0) is 61.4 Å². The van der Waals surface area contributed by atoms with Crippen LogP contribution in [0.5, 0.6) is 0 Å². The summed E-state index contributed by atoms with van der Waals surface area (Å²) >= 11 is 0. The highest BCUT2D eigenvalue weighted by Gasteiger charge is 2.27. The predicted octanol–water partition coefficient (Wildman–Crippen LogP) is 2.52. The minimum absolute atomic E-state index is 0.00883. The van der Waals surface area contributed by atoms with Gasteiger partial charge in [-0.2, -0.15) is 4.31 Å². The van der Waals surface area contributed by atoms with Gasteiger partial charge in [0.2, 0.25) is 20.0 Å². The van der Waals surface area contributed by atoms with Crippen LogP contribution in [-0.2, 0) is 37.9 Å². The summed E-state index contributed by atoms with van der Waals surface area (Å²) in [7, 11) is -7.75. The van der Waals surface area contributed by atoms with E-state index in [1.54, 1.807) is 36.5 Å². The normalized spacial score (nSPS) is 16.9. The van der Waals surface area contributed by atoms with Gasteiger partial charge in [0.25, 0.3) is 0 Å². The second-order valence-corrected chi connectivity index (χ2v) is 11.3. The van der Waals surface area contributed by atoms with Crippen molar-refractivity contribution in [3.05, 3.63) is 78.5 Å². The Morgan fingerprint density at radius 3 is 2.39 bits per heavy atom. The third-order valence-corrected chi connectivity index (χ3v) is 8.52. The molecular weight excluding hydrogens is 466 g/mol. The van der Waals surface area contributed by atoms with E-state index in [-0.39, 0.29) is 35.5 Å². The summed E-state index contributed by atoms with van der Waals surface area (Å²) in [5.74, 6) is 0.479. The second kappa shape index (κ2) is 10.1. The third kappa shape index (κ3) is 5.87. The number of aromatic nitrogens is 1. The molecule has 3 heterocycles. The summed E-state index contributed by atoms with van der Waals surface area (Å²) in [5, 5.41) is 0. The Kier molecular flexibility index (Phi) is 7.25. The molecule has 0 bridgehead atoms. The van der Waals surface area contributed by atoms with E-state index in [1.807, 2.05) is 0 Å². The SMILES string of the molecule is O=S(=O)(NC[C@@H]1CCCO1)c1ccc(S(=O)(=O)N(Cc2ccccn2)Cc2ccco2)cc1. The molecule has 0 radical (unpaired) electrons. The van der Waals surface area contributed by atoms with E-state index in [4.69, 9.17) is 9.15 Å². The maximum Gasteiger partial charge on any atom is 0.243 e. The standard InChI is InChI=1S/C22H25N3O6S2/c26-32(27,24-15-19-6-3-13-30-19)21-8-10-22(11-9-21)33(28,29)25(17-20-7-4-14-31-20)16-18-5-1-2-12-23-18/h1-2,4-5,7-12,14,19,24H,3,6,13,15-17H2/t19-/m0/s1. The van der Waals surface area contributed by atoms with Crippen LogP contribution in [0, 0.1) is 0 Å². The van der Waals surface area contributed by atoms with Crippen molar-refractivity contribution < 1.29 is 26.0 Å². The molecule has 1 aliphatic heterocycles. The molecule has 1 atom stereocenters. The number of nitrogens with zero attached hydrogens (tertiary/aromatic N) is 2. The van der Waals surface area contributed by atoms with Crippen LogP contribution >= 0.6 is 0 Å². The fourth-order valence-corrected chi connectivity index (χ4v) is 5.95. The topological polar surface area (TPSA) is 119 Å². The minimum Gasteiger partial charge on any atom is -0.468 e. The summed E-state index contributed by atoms with van der Waals surface area (Å²) in [6.07, 6.45) is 4.65. The number of rotatable bonds is 10. The molecule has 4 rings (SSSR count). The van der Waals surface area contributed by atoms with Gasteiger partial charge in [0.05, 0.1) is 40.9 Å². The highest BCUT2D eigenvalue weighted by atomic mass is 32.2. The van der Waals surface area contributed by atoms with E-state index in [0.29, 0.717) is 18.1 Å². The largest absolute Gasteiger partial charge is 0.468 e. The number of hydrogen-bond acceptors (Lipinski definition) is 7. The number of pyridine rings is 1. The first-order valence-corrected chi connectivity index (χ1v) is 13.4. The van der Waals surface area contributed by atoms with Crippen LogP contribution in [0.15, 0.2) is 81.3 Å². The van der Waals surface area contributed by atoms with Crippen molar-refractivity contribution >= 4 is 20.0 Å². The smallest absolute Gasteiger partial charge is 0.243 e. The van der Waals surface area contributed by atoms with Crippen molar-refractivity contribution in [3.8, 4) is 0 Å². The molecule has 0 unspecified atom stereocenters. The number of hydrogen-bond donors (Lipinski definition) is 1. The molecule has 33 heavy (non-hydrogen) atoms. The van der Waals surface area contributed by atoms with E-state index >= 15 is 0 Å². The summed E-state index contributed by atoms with van der Waals surface area (Å²) < 4.78 is 66.5. The Morgan fingerprint density at radius 2 is 1.76 bits per heavy atom. The van der Waals surface area contributed by atoms with Gasteiger partial charge in [0.15, 0.2) is 0 Å². The maximum absolute atomic E-state index is 13.4. The van der Waals surface area contributed by atoms with Gasteiger partial charge in [-0.15, -0.1) is 0 Å². The number of furan rings is 1. The molecular formula is C22H25N3O6S2. The van der Waals surface area contributed by atoms with Crippen molar-refractivity contribution in [2.75, 3.05) is 13.2 Å². The Labute approximate surface area is 193 Å². The summed E-state index contributed by atoms with van der Waals surface area (Å²) in [6, 6.07) is 13.8. The molecule has 0 aliphatic carbocycles. The van der Waals surface area contributed by atoms with Gasteiger partial charge < -0.3 is 9.15 Å². The Morgan fingerprint density at radius 1 is 0.970 bits per heavy atom. The van der Waals surface area contributed by atoms with Crippen LogP contribution in [-0.4, -0.2) is 45.4 Å². The fraction of sp³-hybridized carbons (Fsp3) is 0.318. The zero-order chi connectivity index (χ0) is 23.3. The van der Waals surface area contributed by atoms with Crippen molar-refractivity contribution in [2.45, 2.75) is 41.8 Å². The van der Waals surface area contributed by atoms with Gasteiger partial charge in [0, 0.05) is 19.3 Å². The highest BCUT2D eigenvalue weighted by Crippen LogP contribution is 2.23. The molecule has 1 saturated heterocycles. The molecule has 1 aliphatic rings. The average Bonchev–Trinajstić information content (AvgIpc) is 3.53. The van der Waals surface area contributed by atoms with Gasteiger partial charge in [-0.3, -0.25) is 4.98 Å². The number of sulfonamides is 2. The van der Waals surface area contributed by atoms with Gasteiger partial charge >= 0.3 is 0 Å². The lowest BCUT2D eigenvalue weighted by Gasteiger charge is -2.21. The Hall–Kier alpha value is -2.57. The maximum atomic E-state index is 13.4. The van der Waals surface area contributed by atoms with E-state index in [2.05, 4.69) is 9.71 Å². The van der Waals surface area contributed by atoms with Crippen molar-refractivity contribution in [1.82, 2.24) is 14.0 Å². The van der Waals surface area contributed by atoms with Crippen molar-refractivity contribution in [2.24, 2.45) is 0 Å². The second-order valence-electron chi connectivity index (χ2n) is 7.63. The van der Waals surface area contributed by atoms with Crippen molar-refractivity contribution in [3.63, 3.8) is 0 Å². The van der Waals surface area contributed by atoms with E-state index < -0.39 is 20.0 Å². The lowest BCUT2D eigenvalue weighted by molar-refractivity contribution is 0.114. The molecule has 1 N–H and O–H groups in total. The lowest BCUT2D eigenvalue weighted by Crippen LogP contribution is -2.32. The quantitative estimate of drug-likeness (QED) is 0.463. The molecule has 0 spiro atoms. The molecule has 0 saturated carbocycles. The van der Waals surface area contributed by atoms with Gasteiger partial charge in [-0.25, -0.2) is 21.6 Å². The predicted molar refractivity (Wildman–Crippen MR) is 120 cm³/mol. The number of nitrogens with one attached hydrogen (secondary N) is 1. The Bertz CT molecular complexity index is 1240. The lowest BCUT2D eigenvalue weighted by atomic mass is 10.2. The Balaban J connectivity index is 1.54. The summed E-state index contributed by atoms with van der Waals surface area (Å²) in [5.41, 5.74) is 0.574. The van der Waals surface area contributed by atoms with Crippen LogP contribution in [0.25, 0.3) is 0 Å². The van der Waals surface area contributed by atoms with Gasteiger partial charge in [0.1, 0.15) is 5.76 Å². The molecule has 9 nitrogen and oxygen atoms in total. The fourth-order valence-electron chi connectivity index (χ4n) is 3.51. The van der Waals surface area contributed by atoms with Crippen LogP contribution in [0.3, 0.4) is 0 Å². The first-order valence-electron chi connectivity index (χ1n) is 10.5.